The first-order chi connectivity index (χ1) is 18.5. The third-order valence-corrected chi connectivity index (χ3v) is 6.26. The molecule has 0 saturated heterocycles. The summed E-state index contributed by atoms with van der Waals surface area (Å²) in [5.41, 5.74) is 1.96. The van der Waals surface area contributed by atoms with Crippen LogP contribution in [-0.4, -0.2) is 76.5 Å². The molecule has 0 fully saturated rings. The second kappa shape index (κ2) is 13.3. The lowest BCUT2D eigenvalue weighted by atomic mass is 10.2. The molecule has 14 heteroatoms. The molecule has 10 nitrogen and oxygen atoms in total. The van der Waals surface area contributed by atoms with Crippen molar-refractivity contribution in [2.45, 2.75) is 37.9 Å². The third-order valence-electron chi connectivity index (χ3n) is 5.31. The Morgan fingerprint density at radius 3 is 2.28 bits per heavy atom. The van der Waals surface area contributed by atoms with Gasteiger partial charge in [0.2, 0.25) is 0 Å². The predicted molar refractivity (Wildman–Crippen MR) is 135 cm³/mol. The fourth-order valence-electron chi connectivity index (χ4n) is 3.48. The number of ether oxygens (including phenoxy) is 3. The Kier molecular flexibility index (Phi) is 10.2. The summed E-state index contributed by atoms with van der Waals surface area (Å²) >= 11 is 1.17. The number of halogens is 3. The van der Waals surface area contributed by atoms with Crippen LogP contribution in [0.3, 0.4) is 0 Å². The van der Waals surface area contributed by atoms with Crippen LogP contribution in [0.2, 0.25) is 0 Å². The molecule has 0 N–H and O–H groups in total. The monoisotopic (exact) mass is 568 g/mol. The van der Waals surface area contributed by atoms with Crippen LogP contribution in [0.5, 0.6) is 5.75 Å². The van der Waals surface area contributed by atoms with Gasteiger partial charge >= 0.3 is 24.1 Å². The van der Waals surface area contributed by atoms with Crippen LogP contribution in [0.25, 0.3) is 11.0 Å². The van der Waals surface area contributed by atoms with E-state index in [0.717, 1.165) is 0 Å². The highest BCUT2D eigenvalue weighted by molar-refractivity contribution is 7.98. The molecule has 2 heterocycles. The molecule has 2 aromatic heterocycles. The third kappa shape index (κ3) is 8.60. The zero-order chi connectivity index (χ0) is 28.6. The fourth-order valence-corrected chi connectivity index (χ4v) is 4.51. The van der Waals surface area contributed by atoms with Crippen molar-refractivity contribution in [1.29, 1.82) is 0 Å². The van der Waals surface area contributed by atoms with E-state index in [0.29, 0.717) is 27.4 Å². The molecule has 0 unspecified atom stereocenters. The molecule has 39 heavy (non-hydrogen) atoms. The van der Waals surface area contributed by atoms with Gasteiger partial charge in [0.1, 0.15) is 19.0 Å². The molecule has 0 radical (unpaired) electrons. The Balaban J connectivity index is 1.87. The first-order valence-electron chi connectivity index (χ1n) is 11.8. The van der Waals surface area contributed by atoms with Gasteiger partial charge in [-0.3, -0.25) is 14.6 Å². The average Bonchev–Trinajstić information content (AvgIpc) is 3.23. The number of hydrogen-bond acceptors (Lipinski definition) is 9. The molecule has 0 aliphatic rings. The maximum absolute atomic E-state index is 13.7. The van der Waals surface area contributed by atoms with Gasteiger partial charge in [0.05, 0.1) is 29.8 Å². The molecule has 1 amide bonds. The normalized spacial score (nSPS) is 11.3. The van der Waals surface area contributed by atoms with E-state index in [-0.39, 0.29) is 37.8 Å². The predicted octanol–water partition coefficient (Wildman–Crippen LogP) is 4.37. The van der Waals surface area contributed by atoms with Gasteiger partial charge in [-0.25, -0.2) is 14.3 Å². The van der Waals surface area contributed by atoms with Gasteiger partial charge in [-0.2, -0.15) is 13.2 Å². The van der Waals surface area contributed by atoms with Crippen molar-refractivity contribution in [2.75, 3.05) is 32.9 Å². The van der Waals surface area contributed by atoms with E-state index in [9.17, 15) is 27.6 Å². The lowest BCUT2D eigenvalue weighted by molar-refractivity contribution is -0.153. The molecule has 3 rings (SSSR count). The summed E-state index contributed by atoms with van der Waals surface area (Å²) in [5.74, 6) is -0.760. The van der Waals surface area contributed by atoms with Gasteiger partial charge in [-0.1, -0.05) is 23.9 Å². The van der Waals surface area contributed by atoms with Gasteiger partial charge in [0.25, 0.3) is 0 Å². The molecule has 0 aliphatic carbocycles. The minimum Gasteiger partial charge on any atom is -0.484 e. The lowest BCUT2D eigenvalue weighted by Gasteiger charge is -2.23. The summed E-state index contributed by atoms with van der Waals surface area (Å²) in [6, 6.07) is 7.84. The Bertz CT molecular complexity index is 1310. The van der Waals surface area contributed by atoms with Crippen LogP contribution in [0, 0.1) is 6.92 Å². The van der Waals surface area contributed by atoms with Gasteiger partial charge < -0.3 is 19.1 Å². The molecule has 0 bridgehead atoms. The standard InChI is InChI=1S/C25H27F3N4O6S/c1-16-20(29-9-8-22(16)38-15-25(26,27)28)14-39-23-30-19-6-4-5-7-21(19)32(23)24(35)31(10-12-36-17(2)33)11-13-37-18(3)34/h4-9H,10-15H2,1-3H3. The topological polar surface area (TPSA) is 113 Å². The Hall–Kier alpha value is -3.81. The number of para-hydroxylation sites is 2. The van der Waals surface area contributed by atoms with Crippen LogP contribution < -0.4 is 4.74 Å². The maximum Gasteiger partial charge on any atom is 0.422 e. The van der Waals surface area contributed by atoms with Crippen molar-refractivity contribution in [3.05, 3.63) is 47.8 Å². The number of hydrogen-bond donors (Lipinski definition) is 0. The number of aromatic nitrogens is 3. The van der Waals surface area contributed by atoms with Crippen molar-refractivity contribution >= 4 is 40.8 Å². The maximum atomic E-state index is 13.7. The minimum atomic E-state index is -4.48. The number of nitrogens with zero attached hydrogens (tertiary/aromatic N) is 4. The summed E-state index contributed by atoms with van der Waals surface area (Å²) in [6.07, 6.45) is -3.12. The molecule has 0 aliphatic heterocycles. The van der Waals surface area contributed by atoms with Crippen LogP contribution in [0.4, 0.5) is 18.0 Å². The van der Waals surface area contributed by atoms with E-state index in [1.807, 2.05) is 0 Å². The minimum absolute atomic E-state index is 0.0372. The first kappa shape index (κ1) is 29.7. The SMILES string of the molecule is CC(=O)OCCN(CCOC(C)=O)C(=O)n1c(SCc2nccc(OCC(F)(F)F)c2C)nc2ccccc21. The first-order valence-corrected chi connectivity index (χ1v) is 12.7. The largest absolute Gasteiger partial charge is 0.484 e. The molecular weight excluding hydrogens is 541 g/mol. The number of rotatable bonds is 11. The van der Waals surface area contributed by atoms with E-state index < -0.39 is 30.8 Å². The van der Waals surface area contributed by atoms with Crippen molar-refractivity contribution in [3.63, 3.8) is 0 Å². The molecular formula is C25H27F3N4O6S. The molecule has 0 spiro atoms. The lowest BCUT2D eigenvalue weighted by Crippen LogP contribution is -2.40. The molecule has 0 atom stereocenters. The van der Waals surface area contributed by atoms with Crippen LogP contribution in [0.1, 0.15) is 25.1 Å². The van der Waals surface area contributed by atoms with E-state index in [4.69, 9.17) is 14.2 Å². The number of amides is 1. The summed E-state index contributed by atoms with van der Waals surface area (Å²) in [7, 11) is 0. The number of esters is 2. The number of imidazole rings is 1. The highest BCUT2D eigenvalue weighted by Crippen LogP contribution is 2.30. The second-order valence-electron chi connectivity index (χ2n) is 8.24. The highest BCUT2D eigenvalue weighted by atomic mass is 32.2. The average molecular weight is 569 g/mol. The van der Waals surface area contributed by atoms with E-state index >= 15 is 0 Å². The van der Waals surface area contributed by atoms with Crippen molar-refractivity contribution in [2.24, 2.45) is 0 Å². The summed E-state index contributed by atoms with van der Waals surface area (Å²) in [4.78, 5) is 46.4. The summed E-state index contributed by atoms with van der Waals surface area (Å²) in [5, 5.41) is 0.314. The molecule has 0 saturated carbocycles. The number of benzene rings is 1. The molecule has 3 aromatic rings. The van der Waals surface area contributed by atoms with Crippen molar-refractivity contribution < 1.29 is 41.8 Å². The smallest absolute Gasteiger partial charge is 0.422 e. The van der Waals surface area contributed by atoms with Crippen molar-refractivity contribution in [1.82, 2.24) is 19.4 Å². The number of carbonyl (C=O) groups excluding carboxylic acids is 3. The Morgan fingerprint density at radius 2 is 1.67 bits per heavy atom. The van der Waals surface area contributed by atoms with E-state index in [2.05, 4.69) is 9.97 Å². The number of alkyl halides is 3. The van der Waals surface area contributed by atoms with Gasteiger partial charge in [-0.05, 0) is 25.1 Å². The number of carbonyl (C=O) groups is 3. The van der Waals surface area contributed by atoms with Gasteiger partial charge in [-0.15, -0.1) is 0 Å². The summed E-state index contributed by atoms with van der Waals surface area (Å²) < 4.78 is 54.2. The summed E-state index contributed by atoms with van der Waals surface area (Å²) in [6.45, 7) is 2.63. The van der Waals surface area contributed by atoms with Gasteiger partial charge in [0, 0.05) is 31.4 Å². The highest BCUT2D eigenvalue weighted by Gasteiger charge is 2.29. The van der Waals surface area contributed by atoms with Crippen LogP contribution >= 0.6 is 11.8 Å². The second-order valence-corrected chi connectivity index (χ2v) is 9.18. The van der Waals surface area contributed by atoms with Crippen LogP contribution in [0.15, 0.2) is 41.7 Å². The van der Waals surface area contributed by atoms with Crippen molar-refractivity contribution in [3.8, 4) is 5.75 Å². The number of fused-ring (bicyclic) bond motifs is 1. The van der Waals surface area contributed by atoms with E-state index in [1.54, 1.807) is 31.2 Å². The quantitative estimate of drug-likeness (QED) is 0.246. The number of pyridine rings is 1. The van der Waals surface area contributed by atoms with Gasteiger partial charge in [0.15, 0.2) is 11.8 Å². The van der Waals surface area contributed by atoms with Crippen LogP contribution in [-0.2, 0) is 24.8 Å². The zero-order valence-corrected chi connectivity index (χ0v) is 22.3. The number of thioether (sulfide) groups is 1. The zero-order valence-electron chi connectivity index (χ0n) is 21.5. The Labute approximate surface area is 226 Å². The Morgan fingerprint density at radius 1 is 1.03 bits per heavy atom. The fraction of sp³-hybridized carbons (Fsp3) is 0.400. The molecule has 1 aromatic carbocycles. The van der Waals surface area contributed by atoms with E-state index in [1.165, 1.54) is 47.3 Å². The molecule has 210 valence electrons.